The van der Waals surface area contributed by atoms with Gasteiger partial charge in [0, 0.05) is 23.5 Å². The Bertz CT molecular complexity index is 1250. The fourth-order valence-corrected chi connectivity index (χ4v) is 3.07. The molecule has 0 aliphatic heterocycles. The molecule has 0 saturated heterocycles. The Morgan fingerprint density at radius 1 is 1.09 bits per heavy atom. The van der Waals surface area contributed by atoms with E-state index in [1.165, 1.54) is 6.92 Å². The Hall–Kier alpha value is -4.20. The monoisotopic (exact) mass is 471 g/mol. The van der Waals surface area contributed by atoms with Gasteiger partial charge in [0.1, 0.15) is 23.4 Å². The highest BCUT2D eigenvalue weighted by Gasteiger charge is 2.34. The smallest absolute Gasteiger partial charge is 0.385 e. The predicted molar refractivity (Wildman–Crippen MR) is 122 cm³/mol. The average Bonchev–Trinajstić information content (AvgIpc) is 2.78. The third kappa shape index (κ3) is 5.58. The van der Waals surface area contributed by atoms with Crippen molar-refractivity contribution in [1.29, 1.82) is 5.26 Å². The van der Waals surface area contributed by atoms with Gasteiger partial charge in [-0.1, -0.05) is 6.92 Å². The lowest BCUT2D eigenvalue weighted by atomic mass is 10.1. The molecule has 0 aliphatic rings. The number of anilines is 4. The van der Waals surface area contributed by atoms with Crippen LogP contribution in [0.2, 0.25) is 0 Å². The Kier molecular flexibility index (Phi) is 7.31. The molecule has 0 radical (unpaired) electrons. The van der Waals surface area contributed by atoms with Crippen LogP contribution in [0.3, 0.4) is 0 Å². The van der Waals surface area contributed by atoms with Gasteiger partial charge in [0.2, 0.25) is 0 Å². The maximum absolute atomic E-state index is 13.4. The minimum Gasteiger partial charge on any atom is -0.385 e. The summed E-state index contributed by atoms with van der Waals surface area (Å²) in [4.78, 5) is 4.16. The molecule has 4 N–H and O–H groups in total. The molecule has 0 amide bonds. The number of nitrogen functional groups attached to an aromatic ring is 1. The summed E-state index contributed by atoms with van der Waals surface area (Å²) in [6.07, 6.45) is -3.87. The number of nitrogens with one attached hydrogen (secondary N) is 2. The van der Waals surface area contributed by atoms with E-state index in [1.807, 2.05) is 25.1 Å². The molecule has 3 rings (SSSR count). The predicted octanol–water partition coefficient (Wildman–Crippen LogP) is 6.98. The second kappa shape index (κ2) is 10.2. The lowest BCUT2D eigenvalue weighted by molar-refractivity contribution is -0.137. The maximum Gasteiger partial charge on any atom is 0.418 e. The quantitative estimate of drug-likeness (QED) is 0.254. The van der Waals surface area contributed by atoms with Gasteiger partial charge < -0.3 is 16.4 Å². The van der Waals surface area contributed by atoms with Gasteiger partial charge in [-0.15, -0.1) is 10.2 Å². The first-order chi connectivity index (χ1) is 16.1. The molecule has 7 nitrogen and oxygen atoms in total. The van der Waals surface area contributed by atoms with Crippen LogP contribution in [0.15, 0.2) is 52.7 Å². The summed E-state index contributed by atoms with van der Waals surface area (Å²) >= 11 is 0. The number of pyridine rings is 1. The topological polar surface area (TPSA) is 111 Å². The standard InChI is InChI=1S/C23H21F4N7/c1-3-10-30-15-5-7-16(8-6-15)31-22-20(13(2)17(12-28)21(29)32-22)34-33-19-9-4-14(24)11-18(19)23(25,26)27/h4-9,11,30H,3,10H2,1-2H3,(H3,29,31,32)/b34-33+. The second-order valence-electron chi connectivity index (χ2n) is 7.29. The Balaban J connectivity index is 2.03. The minimum atomic E-state index is -4.84. The van der Waals surface area contributed by atoms with Gasteiger partial charge in [0.15, 0.2) is 5.82 Å². The lowest BCUT2D eigenvalue weighted by Crippen LogP contribution is -2.05. The van der Waals surface area contributed by atoms with Gasteiger partial charge in [-0.2, -0.15) is 18.4 Å². The second-order valence-corrected chi connectivity index (χ2v) is 7.29. The molecule has 2 aromatic carbocycles. The molecular formula is C23H21F4N7. The third-order valence-electron chi connectivity index (χ3n) is 4.80. The Morgan fingerprint density at radius 2 is 1.76 bits per heavy atom. The fourth-order valence-electron chi connectivity index (χ4n) is 3.07. The van der Waals surface area contributed by atoms with Crippen molar-refractivity contribution in [3.63, 3.8) is 0 Å². The molecule has 1 heterocycles. The van der Waals surface area contributed by atoms with Crippen LogP contribution in [0.4, 0.5) is 51.9 Å². The summed E-state index contributed by atoms with van der Waals surface area (Å²) in [5.41, 5.74) is 5.87. The van der Waals surface area contributed by atoms with Crippen molar-refractivity contribution >= 4 is 34.4 Å². The van der Waals surface area contributed by atoms with Crippen LogP contribution < -0.4 is 16.4 Å². The number of azo groups is 1. The number of benzene rings is 2. The largest absolute Gasteiger partial charge is 0.418 e. The number of alkyl halides is 3. The van der Waals surface area contributed by atoms with Crippen molar-refractivity contribution < 1.29 is 17.6 Å². The van der Waals surface area contributed by atoms with E-state index in [0.29, 0.717) is 11.8 Å². The number of rotatable bonds is 7. The number of halogens is 4. The van der Waals surface area contributed by atoms with Crippen LogP contribution >= 0.6 is 0 Å². The molecule has 3 aromatic rings. The molecule has 0 bridgehead atoms. The highest BCUT2D eigenvalue weighted by Crippen LogP contribution is 2.39. The van der Waals surface area contributed by atoms with Crippen molar-refractivity contribution in [2.75, 3.05) is 22.9 Å². The Morgan fingerprint density at radius 3 is 2.38 bits per heavy atom. The number of nitrogens with zero attached hydrogens (tertiary/aromatic N) is 4. The highest BCUT2D eigenvalue weighted by atomic mass is 19.4. The van der Waals surface area contributed by atoms with Gasteiger partial charge in [0.25, 0.3) is 0 Å². The van der Waals surface area contributed by atoms with E-state index in [2.05, 4.69) is 25.8 Å². The zero-order chi connectivity index (χ0) is 24.9. The first-order valence-corrected chi connectivity index (χ1v) is 10.2. The van der Waals surface area contributed by atoms with Crippen molar-refractivity contribution in [3.8, 4) is 6.07 Å². The lowest BCUT2D eigenvalue weighted by Gasteiger charge is -2.14. The normalized spacial score (nSPS) is 11.4. The van der Waals surface area contributed by atoms with Crippen molar-refractivity contribution in [2.24, 2.45) is 10.2 Å². The summed E-state index contributed by atoms with van der Waals surface area (Å²) < 4.78 is 53.4. The third-order valence-corrected chi connectivity index (χ3v) is 4.80. The van der Waals surface area contributed by atoms with E-state index < -0.39 is 23.2 Å². The van der Waals surface area contributed by atoms with Gasteiger partial charge in [0.05, 0.1) is 16.8 Å². The summed E-state index contributed by atoms with van der Waals surface area (Å²) in [6, 6.07) is 11.2. The molecule has 0 spiro atoms. The van der Waals surface area contributed by atoms with Crippen molar-refractivity contribution in [1.82, 2.24) is 4.98 Å². The molecule has 34 heavy (non-hydrogen) atoms. The molecule has 0 fully saturated rings. The summed E-state index contributed by atoms with van der Waals surface area (Å²) in [6.45, 7) is 4.39. The number of nitriles is 1. The van der Waals surface area contributed by atoms with E-state index in [0.717, 1.165) is 30.8 Å². The zero-order valence-electron chi connectivity index (χ0n) is 18.3. The van der Waals surface area contributed by atoms with Crippen LogP contribution in [0.5, 0.6) is 0 Å². The van der Waals surface area contributed by atoms with Crippen LogP contribution in [-0.2, 0) is 6.18 Å². The highest BCUT2D eigenvalue weighted by molar-refractivity contribution is 5.77. The SMILES string of the molecule is CCCNc1ccc(Nc2nc(N)c(C#N)c(C)c2/N=N/c2ccc(F)cc2C(F)(F)F)cc1. The van der Waals surface area contributed by atoms with Crippen LogP contribution in [-0.4, -0.2) is 11.5 Å². The van der Waals surface area contributed by atoms with Gasteiger partial charge in [-0.25, -0.2) is 9.37 Å². The van der Waals surface area contributed by atoms with Gasteiger partial charge in [-0.3, -0.25) is 0 Å². The Labute approximate surface area is 193 Å². The molecule has 1 aromatic heterocycles. The molecule has 0 unspecified atom stereocenters. The molecule has 0 aliphatic carbocycles. The maximum atomic E-state index is 13.4. The van der Waals surface area contributed by atoms with E-state index in [1.54, 1.807) is 12.1 Å². The summed E-state index contributed by atoms with van der Waals surface area (Å²) in [5, 5.41) is 23.3. The molecule has 176 valence electrons. The molecular weight excluding hydrogens is 450 g/mol. The van der Waals surface area contributed by atoms with Crippen LogP contribution in [0.1, 0.15) is 30.0 Å². The van der Waals surface area contributed by atoms with E-state index in [-0.39, 0.29) is 28.5 Å². The van der Waals surface area contributed by atoms with Crippen molar-refractivity contribution in [2.45, 2.75) is 26.4 Å². The number of hydrogen-bond acceptors (Lipinski definition) is 7. The minimum absolute atomic E-state index is 0.0220. The van der Waals surface area contributed by atoms with Crippen LogP contribution in [0.25, 0.3) is 0 Å². The summed E-state index contributed by atoms with van der Waals surface area (Å²) in [7, 11) is 0. The van der Waals surface area contributed by atoms with E-state index >= 15 is 0 Å². The number of hydrogen-bond donors (Lipinski definition) is 3. The van der Waals surface area contributed by atoms with E-state index in [4.69, 9.17) is 5.73 Å². The first-order valence-electron chi connectivity index (χ1n) is 10.2. The van der Waals surface area contributed by atoms with Gasteiger partial charge >= 0.3 is 6.18 Å². The average molecular weight is 471 g/mol. The van der Waals surface area contributed by atoms with Crippen molar-refractivity contribution in [3.05, 3.63) is 65.0 Å². The van der Waals surface area contributed by atoms with Crippen LogP contribution in [0, 0.1) is 24.1 Å². The van der Waals surface area contributed by atoms with E-state index in [9.17, 15) is 22.8 Å². The molecule has 0 saturated carbocycles. The number of nitrogens with two attached hydrogens (primary N) is 1. The zero-order valence-corrected chi connectivity index (χ0v) is 18.3. The molecule has 11 heteroatoms. The fraction of sp³-hybridized carbons (Fsp3) is 0.217. The first kappa shape index (κ1) is 24.4. The molecule has 0 atom stereocenters. The summed E-state index contributed by atoms with van der Waals surface area (Å²) in [5.74, 6) is -1.02. The number of aromatic nitrogens is 1. The van der Waals surface area contributed by atoms with Gasteiger partial charge in [-0.05, 0) is 55.8 Å².